The number of carbonyl (C=O) groups is 1. The van der Waals surface area contributed by atoms with E-state index in [1.165, 1.54) is 0 Å². The van der Waals surface area contributed by atoms with Crippen LogP contribution in [0.5, 0.6) is 0 Å². The minimum Gasteiger partial charge on any atom is -0.399 e. The molecule has 0 unspecified atom stereocenters. The summed E-state index contributed by atoms with van der Waals surface area (Å²) in [6, 6.07) is 11.7. The van der Waals surface area contributed by atoms with Gasteiger partial charge in [0.15, 0.2) is 5.78 Å². The fraction of sp³-hybridized carbons (Fsp3) is 0. The molecule has 0 saturated carbocycles. The maximum Gasteiger partial charge on any atom is 0.193 e. The smallest absolute Gasteiger partial charge is 0.193 e. The zero-order valence-electron chi connectivity index (χ0n) is 9.18. The molecule has 2 aromatic rings. The van der Waals surface area contributed by atoms with Gasteiger partial charge in [-0.2, -0.15) is 0 Å². The largest absolute Gasteiger partial charge is 0.399 e. The molecule has 0 aromatic heterocycles. The zero-order chi connectivity index (χ0) is 12.4. The highest BCUT2D eigenvalue weighted by Crippen LogP contribution is 2.19. The van der Waals surface area contributed by atoms with Crippen LogP contribution in [-0.4, -0.2) is 5.78 Å². The van der Waals surface area contributed by atoms with E-state index in [2.05, 4.69) is 0 Å². The topological polar surface area (TPSA) is 95.1 Å². The van der Waals surface area contributed by atoms with E-state index in [9.17, 15) is 4.79 Å². The summed E-state index contributed by atoms with van der Waals surface area (Å²) in [5, 5.41) is 0. The van der Waals surface area contributed by atoms with E-state index < -0.39 is 0 Å². The minimum absolute atomic E-state index is 0.121. The van der Waals surface area contributed by atoms with Crippen molar-refractivity contribution in [2.24, 2.45) is 0 Å². The molecule has 0 amide bonds. The predicted molar refractivity (Wildman–Crippen MR) is 69.6 cm³/mol. The van der Waals surface area contributed by atoms with Crippen LogP contribution in [0, 0.1) is 0 Å². The van der Waals surface area contributed by atoms with Crippen molar-refractivity contribution in [2.45, 2.75) is 0 Å². The van der Waals surface area contributed by atoms with Crippen LogP contribution in [0.1, 0.15) is 15.9 Å². The Morgan fingerprint density at radius 3 is 2.18 bits per heavy atom. The van der Waals surface area contributed by atoms with Gasteiger partial charge in [-0.05, 0) is 30.3 Å². The van der Waals surface area contributed by atoms with E-state index in [4.69, 9.17) is 17.2 Å². The van der Waals surface area contributed by atoms with Gasteiger partial charge in [-0.25, -0.2) is 0 Å². The number of ketones is 1. The van der Waals surface area contributed by atoms with Crippen LogP contribution in [0.3, 0.4) is 0 Å². The summed E-state index contributed by atoms with van der Waals surface area (Å²) in [7, 11) is 0. The van der Waals surface area contributed by atoms with Gasteiger partial charge >= 0.3 is 0 Å². The van der Waals surface area contributed by atoms with Crippen molar-refractivity contribution in [2.75, 3.05) is 17.2 Å². The second-order valence-electron chi connectivity index (χ2n) is 3.80. The molecule has 0 fully saturated rings. The fourth-order valence-electron chi connectivity index (χ4n) is 1.56. The summed E-state index contributed by atoms with van der Waals surface area (Å²) in [5.74, 6) is -0.121. The Balaban J connectivity index is 2.40. The Labute approximate surface area is 99.0 Å². The number of benzene rings is 2. The van der Waals surface area contributed by atoms with Crippen LogP contribution < -0.4 is 17.2 Å². The molecule has 17 heavy (non-hydrogen) atoms. The first kappa shape index (κ1) is 11.0. The molecule has 0 atom stereocenters. The van der Waals surface area contributed by atoms with Crippen molar-refractivity contribution < 1.29 is 4.79 Å². The summed E-state index contributed by atoms with van der Waals surface area (Å²) in [4.78, 5) is 12.1. The molecule has 0 spiro atoms. The summed E-state index contributed by atoms with van der Waals surface area (Å²) in [5.41, 5.74) is 19.4. The van der Waals surface area contributed by atoms with Gasteiger partial charge in [0.25, 0.3) is 0 Å². The highest BCUT2D eigenvalue weighted by Gasteiger charge is 2.10. The Morgan fingerprint density at radius 2 is 1.53 bits per heavy atom. The number of nitrogen functional groups attached to an aromatic ring is 3. The van der Waals surface area contributed by atoms with Gasteiger partial charge in [-0.1, -0.05) is 12.1 Å². The third kappa shape index (κ3) is 2.20. The Bertz CT molecular complexity index is 579. The minimum atomic E-state index is -0.121. The van der Waals surface area contributed by atoms with E-state index in [1.807, 2.05) is 0 Å². The quantitative estimate of drug-likeness (QED) is 0.537. The summed E-state index contributed by atoms with van der Waals surface area (Å²) in [6.45, 7) is 0. The van der Waals surface area contributed by atoms with Crippen LogP contribution >= 0.6 is 0 Å². The summed E-state index contributed by atoms with van der Waals surface area (Å²) < 4.78 is 0. The Hall–Kier alpha value is -2.49. The number of carbonyl (C=O) groups excluding carboxylic acids is 1. The number of hydrogen-bond acceptors (Lipinski definition) is 4. The van der Waals surface area contributed by atoms with E-state index in [-0.39, 0.29) is 5.78 Å². The summed E-state index contributed by atoms with van der Waals surface area (Å²) >= 11 is 0. The van der Waals surface area contributed by atoms with Crippen LogP contribution in [0.4, 0.5) is 17.1 Å². The fourth-order valence-corrected chi connectivity index (χ4v) is 1.56. The van der Waals surface area contributed by atoms with E-state index in [0.29, 0.717) is 28.2 Å². The molecular formula is C13H13N3O. The van der Waals surface area contributed by atoms with Crippen LogP contribution in [0.15, 0.2) is 42.5 Å². The third-order valence-corrected chi connectivity index (χ3v) is 2.50. The maximum absolute atomic E-state index is 12.1. The highest BCUT2D eigenvalue weighted by atomic mass is 16.1. The molecule has 0 aliphatic carbocycles. The average Bonchev–Trinajstić information content (AvgIpc) is 2.32. The van der Waals surface area contributed by atoms with Gasteiger partial charge in [0.05, 0.1) is 11.4 Å². The number of rotatable bonds is 2. The normalized spacial score (nSPS) is 10.1. The van der Waals surface area contributed by atoms with Crippen LogP contribution in [-0.2, 0) is 0 Å². The lowest BCUT2D eigenvalue weighted by molar-refractivity contribution is 0.103. The van der Waals surface area contributed by atoms with Gasteiger partial charge in [0.1, 0.15) is 0 Å². The summed E-state index contributed by atoms with van der Waals surface area (Å²) in [6.07, 6.45) is 0. The lowest BCUT2D eigenvalue weighted by atomic mass is 10.0. The molecule has 2 rings (SSSR count). The second kappa shape index (κ2) is 4.17. The predicted octanol–water partition coefficient (Wildman–Crippen LogP) is 1.66. The van der Waals surface area contributed by atoms with Crippen molar-refractivity contribution >= 4 is 22.8 Å². The molecule has 4 nitrogen and oxygen atoms in total. The molecule has 0 saturated heterocycles. The average molecular weight is 227 g/mol. The Kier molecular flexibility index (Phi) is 2.70. The molecule has 0 heterocycles. The van der Waals surface area contributed by atoms with Crippen LogP contribution in [0.2, 0.25) is 0 Å². The van der Waals surface area contributed by atoms with Gasteiger partial charge in [0.2, 0.25) is 0 Å². The maximum atomic E-state index is 12.1. The lowest BCUT2D eigenvalue weighted by Crippen LogP contribution is -2.04. The van der Waals surface area contributed by atoms with Gasteiger partial charge in [-0.15, -0.1) is 0 Å². The first-order valence-corrected chi connectivity index (χ1v) is 5.13. The zero-order valence-corrected chi connectivity index (χ0v) is 9.18. The molecule has 0 radical (unpaired) electrons. The van der Waals surface area contributed by atoms with E-state index in [0.717, 1.165) is 0 Å². The highest BCUT2D eigenvalue weighted by molar-refractivity contribution is 6.10. The molecule has 86 valence electrons. The standard InChI is InChI=1S/C13H13N3O/c14-10-3-1-2-8(6-10)13(17)9-4-5-11(15)12(16)7-9/h1-7H,14-16H2. The molecular weight excluding hydrogens is 214 g/mol. The molecule has 0 aliphatic rings. The van der Waals surface area contributed by atoms with Gasteiger partial charge < -0.3 is 17.2 Å². The first-order valence-electron chi connectivity index (χ1n) is 5.13. The van der Waals surface area contributed by atoms with Gasteiger partial charge in [-0.3, -0.25) is 4.79 Å². The van der Waals surface area contributed by atoms with Crippen molar-refractivity contribution in [1.82, 2.24) is 0 Å². The SMILES string of the molecule is Nc1cccc(C(=O)c2ccc(N)c(N)c2)c1. The van der Waals surface area contributed by atoms with Crippen molar-refractivity contribution in [3.63, 3.8) is 0 Å². The first-order chi connectivity index (χ1) is 8.08. The molecule has 0 aliphatic heterocycles. The third-order valence-electron chi connectivity index (χ3n) is 2.50. The Morgan fingerprint density at radius 1 is 0.824 bits per heavy atom. The van der Waals surface area contributed by atoms with E-state index >= 15 is 0 Å². The van der Waals surface area contributed by atoms with Crippen LogP contribution in [0.25, 0.3) is 0 Å². The van der Waals surface area contributed by atoms with Crippen molar-refractivity contribution in [1.29, 1.82) is 0 Å². The molecule has 6 N–H and O–H groups in total. The monoisotopic (exact) mass is 227 g/mol. The molecule has 4 heteroatoms. The van der Waals surface area contributed by atoms with Gasteiger partial charge in [0, 0.05) is 16.8 Å². The number of hydrogen-bond donors (Lipinski definition) is 3. The number of nitrogens with two attached hydrogens (primary N) is 3. The molecule has 0 bridgehead atoms. The number of anilines is 3. The van der Waals surface area contributed by atoms with Crippen molar-refractivity contribution in [3.05, 3.63) is 53.6 Å². The second-order valence-corrected chi connectivity index (χ2v) is 3.80. The molecule has 2 aromatic carbocycles. The van der Waals surface area contributed by atoms with E-state index in [1.54, 1.807) is 42.5 Å². The lowest BCUT2D eigenvalue weighted by Gasteiger charge is -2.05. The van der Waals surface area contributed by atoms with Crippen molar-refractivity contribution in [3.8, 4) is 0 Å².